The molecule has 0 aliphatic heterocycles. The van der Waals surface area contributed by atoms with Crippen LogP contribution >= 0.6 is 11.3 Å². The summed E-state index contributed by atoms with van der Waals surface area (Å²) in [6.07, 6.45) is 5.72. The highest BCUT2D eigenvalue weighted by Crippen LogP contribution is 2.15. The zero-order chi connectivity index (χ0) is 10.7. The Labute approximate surface area is 93.0 Å². The molecule has 4 nitrogen and oxygen atoms in total. The highest BCUT2D eigenvalue weighted by molar-refractivity contribution is 7.11. The molecule has 1 N–H and O–H groups in total. The van der Waals surface area contributed by atoms with Crippen molar-refractivity contribution in [1.82, 2.24) is 14.5 Å². The summed E-state index contributed by atoms with van der Waals surface area (Å²) in [6, 6.07) is 0. The van der Waals surface area contributed by atoms with Crippen molar-refractivity contribution < 1.29 is 0 Å². The molecule has 0 fully saturated rings. The van der Waals surface area contributed by atoms with Crippen LogP contribution in [0.5, 0.6) is 0 Å². The number of aryl methyl sites for hydroxylation is 1. The highest BCUT2D eigenvalue weighted by atomic mass is 32.1. The largest absolute Gasteiger partial charge is 0.356 e. The quantitative estimate of drug-likeness (QED) is 0.861. The number of anilines is 1. The maximum Gasteiger partial charge on any atom is 0.203 e. The molecule has 0 atom stereocenters. The Kier molecular flexibility index (Phi) is 3.01. The van der Waals surface area contributed by atoms with Gasteiger partial charge in [0.15, 0.2) is 0 Å². The van der Waals surface area contributed by atoms with Crippen molar-refractivity contribution in [3.05, 3.63) is 28.5 Å². The Morgan fingerprint density at radius 1 is 1.47 bits per heavy atom. The van der Waals surface area contributed by atoms with Crippen molar-refractivity contribution >= 4 is 17.3 Å². The molecule has 0 aliphatic carbocycles. The molecule has 0 bridgehead atoms. The Balaban J connectivity index is 2.13. The number of hydrogen-bond donors (Lipinski definition) is 1. The Bertz CT molecular complexity index is 432. The van der Waals surface area contributed by atoms with Crippen molar-refractivity contribution in [2.24, 2.45) is 0 Å². The number of nitrogens with one attached hydrogen (secondary N) is 1. The van der Waals surface area contributed by atoms with Crippen molar-refractivity contribution in [2.75, 3.05) is 11.9 Å². The van der Waals surface area contributed by atoms with E-state index in [0.717, 1.165) is 24.0 Å². The van der Waals surface area contributed by atoms with E-state index in [1.165, 1.54) is 4.88 Å². The van der Waals surface area contributed by atoms with Crippen LogP contribution in [-0.2, 0) is 6.54 Å². The van der Waals surface area contributed by atoms with Crippen molar-refractivity contribution in [2.45, 2.75) is 20.4 Å². The summed E-state index contributed by atoms with van der Waals surface area (Å²) in [5.74, 6) is 0.920. The van der Waals surface area contributed by atoms with Gasteiger partial charge in [0, 0.05) is 30.0 Å². The summed E-state index contributed by atoms with van der Waals surface area (Å²) < 4.78 is 2.09. The minimum atomic E-state index is 0.841. The first-order valence-corrected chi connectivity index (χ1v) is 5.77. The zero-order valence-corrected chi connectivity index (χ0v) is 9.71. The normalized spacial score (nSPS) is 10.5. The SMILES string of the molecule is CCNc1nccn1Cc1cnc(C)s1. The van der Waals surface area contributed by atoms with Crippen LogP contribution in [0.2, 0.25) is 0 Å². The van der Waals surface area contributed by atoms with Crippen molar-refractivity contribution in [1.29, 1.82) is 0 Å². The Morgan fingerprint density at radius 3 is 3.00 bits per heavy atom. The molecule has 80 valence electrons. The van der Waals surface area contributed by atoms with Crippen LogP contribution in [0.3, 0.4) is 0 Å². The molecule has 0 aromatic carbocycles. The lowest BCUT2D eigenvalue weighted by molar-refractivity contribution is 0.810. The summed E-state index contributed by atoms with van der Waals surface area (Å²) in [5, 5.41) is 4.33. The maximum absolute atomic E-state index is 4.24. The summed E-state index contributed by atoms with van der Waals surface area (Å²) in [7, 11) is 0. The fourth-order valence-electron chi connectivity index (χ4n) is 1.41. The number of nitrogens with zero attached hydrogens (tertiary/aromatic N) is 3. The molecular weight excluding hydrogens is 208 g/mol. The van der Waals surface area contributed by atoms with Gasteiger partial charge in [0.05, 0.1) is 11.6 Å². The topological polar surface area (TPSA) is 42.7 Å². The molecule has 2 rings (SSSR count). The van der Waals surface area contributed by atoms with E-state index in [1.54, 1.807) is 11.3 Å². The van der Waals surface area contributed by atoms with Gasteiger partial charge in [0.25, 0.3) is 0 Å². The molecule has 0 unspecified atom stereocenters. The van der Waals surface area contributed by atoms with E-state index in [1.807, 2.05) is 25.5 Å². The van der Waals surface area contributed by atoms with Gasteiger partial charge in [-0.2, -0.15) is 0 Å². The number of imidazole rings is 1. The van der Waals surface area contributed by atoms with E-state index in [2.05, 4.69) is 26.8 Å². The predicted octanol–water partition coefficient (Wildman–Crippen LogP) is 2.13. The summed E-state index contributed by atoms with van der Waals surface area (Å²) >= 11 is 1.73. The van der Waals surface area contributed by atoms with E-state index in [0.29, 0.717) is 0 Å². The van der Waals surface area contributed by atoms with Crippen LogP contribution in [0.15, 0.2) is 18.6 Å². The van der Waals surface area contributed by atoms with Gasteiger partial charge in [-0.05, 0) is 13.8 Å². The highest BCUT2D eigenvalue weighted by Gasteiger charge is 2.03. The smallest absolute Gasteiger partial charge is 0.203 e. The second-order valence-electron chi connectivity index (χ2n) is 3.25. The van der Waals surface area contributed by atoms with Gasteiger partial charge in [-0.15, -0.1) is 11.3 Å². The molecule has 0 saturated carbocycles. The minimum absolute atomic E-state index is 0.841. The fourth-order valence-corrected chi connectivity index (χ4v) is 2.20. The second-order valence-corrected chi connectivity index (χ2v) is 4.57. The third kappa shape index (κ3) is 2.36. The molecule has 0 aliphatic rings. The van der Waals surface area contributed by atoms with Crippen LogP contribution in [0, 0.1) is 6.92 Å². The van der Waals surface area contributed by atoms with Gasteiger partial charge in [0.2, 0.25) is 5.95 Å². The monoisotopic (exact) mass is 222 g/mol. The van der Waals surface area contributed by atoms with Crippen LogP contribution in [0.1, 0.15) is 16.8 Å². The van der Waals surface area contributed by atoms with Gasteiger partial charge in [-0.25, -0.2) is 9.97 Å². The molecule has 0 radical (unpaired) electrons. The Morgan fingerprint density at radius 2 is 2.33 bits per heavy atom. The average molecular weight is 222 g/mol. The van der Waals surface area contributed by atoms with Gasteiger partial charge in [-0.3, -0.25) is 0 Å². The summed E-state index contributed by atoms with van der Waals surface area (Å²) in [5.41, 5.74) is 0. The fraction of sp³-hybridized carbons (Fsp3) is 0.400. The molecule has 2 aromatic rings. The number of thiazole rings is 1. The van der Waals surface area contributed by atoms with Crippen molar-refractivity contribution in [3.8, 4) is 0 Å². The molecule has 0 amide bonds. The number of rotatable bonds is 4. The van der Waals surface area contributed by atoms with E-state index in [4.69, 9.17) is 0 Å². The first kappa shape index (κ1) is 10.2. The predicted molar refractivity (Wildman–Crippen MR) is 62.3 cm³/mol. The standard InChI is InChI=1S/C10H14N4S/c1-3-11-10-12-4-5-14(10)7-9-6-13-8(2)15-9/h4-6H,3,7H2,1-2H3,(H,11,12). The molecule has 2 heterocycles. The van der Waals surface area contributed by atoms with Crippen LogP contribution in [-0.4, -0.2) is 21.1 Å². The maximum atomic E-state index is 4.24. The third-order valence-electron chi connectivity index (χ3n) is 2.05. The lowest BCUT2D eigenvalue weighted by Gasteiger charge is -2.06. The van der Waals surface area contributed by atoms with Crippen LogP contribution in [0.4, 0.5) is 5.95 Å². The first-order valence-electron chi connectivity index (χ1n) is 4.96. The molecule has 0 spiro atoms. The molecule has 0 saturated heterocycles. The average Bonchev–Trinajstić information content (AvgIpc) is 2.78. The third-order valence-corrected chi connectivity index (χ3v) is 2.94. The molecule has 15 heavy (non-hydrogen) atoms. The van der Waals surface area contributed by atoms with Crippen LogP contribution in [0.25, 0.3) is 0 Å². The zero-order valence-electron chi connectivity index (χ0n) is 8.90. The molecule has 2 aromatic heterocycles. The number of hydrogen-bond acceptors (Lipinski definition) is 4. The van der Waals surface area contributed by atoms with Crippen LogP contribution < -0.4 is 5.32 Å². The lowest BCUT2D eigenvalue weighted by atomic mass is 10.5. The van der Waals surface area contributed by atoms with Gasteiger partial charge in [0.1, 0.15) is 0 Å². The van der Waals surface area contributed by atoms with Crippen molar-refractivity contribution in [3.63, 3.8) is 0 Å². The van der Waals surface area contributed by atoms with Gasteiger partial charge in [-0.1, -0.05) is 0 Å². The molecule has 5 heteroatoms. The summed E-state index contributed by atoms with van der Waals surface area (Å²) in [4.78, 5) is 9.74. The molecular formula is C10H14N4S. The minimum Gasteiger partial charge on any atom is -0.356 e. The lowest BCUT2D eigenvalue weighted by Crippen LogP contribution is -2.06. The Hall–Kier alpha value is -1.36. The van der Waals surface area contributed by atoms with Gasteiger partial charge < -0.3 is 9.88 Å². The second kappa shape index (κ2) is 4.44. The van der Waals surface area contributed by atoms with E-state index in [-0.39, 0.29) is 0 Å². The number of aromatic nitrogens is 3. The van der Waals surface area contributed by atoms with E-state index >= 15 is 0 Å². The van der Waals surface area contributed by atoms with Gasteiger partial charge >= 0.3 is 0 Å². The summed E-state index contributed by atoms with van der Waals surface area (Å²) in [6.45, 7) is 5.82. The van der Waals surface area contributed by atoms with E-state index < -0.39 is 0 Å². The first-order chi connectivity index (χ1) is 7.29. The van der Waals surface area contributed by atoms with E-state index in [9.17, 15) is 0 Å².